The van der Waals surface area contributed by atoms with Gasteiger partial charge in [0.2, 0.25) is 0 Å². The summed E-state index contributed by atoms with van der Waals surface area (Å²) in [6.45, 7) is 1.98. The van der Waals surface area contributed by atoms with Gasteiger partial charge in [0.05, 0.1) is 11.0 Å². The van der Waals surface area contributed by atoms with E-state index in [1.54, 1.807) is 12.1 Å². The molecule has 0 atom stereocenters. The largest absolute Gasteiger partial charge is 0.337 e. The normalized spacial score (nSPS) is 11.3. The zero-order valence-corrected chi connectivity index (χ0v) is 17.0. The number of hydrogen-bond acceptors (Lipinski definition) is 2. The molecule has 3 aromatic carbocycles. The summed E-state index contributed by atoms with van der Waals surface area (Å²) in [5.41, 5.74) is 5.41. The summed E-state index contributed by atoms with van der Waals surface area (Å²) in [4.78, 5) is 12.9. The second-order valence-corrected chi connectivity index (χ2v) is 7.68. The highest BCUT2D eigenvalue weighted by Crippen LogP contribution is 2.25. The van der Waals surface area contributed by atoms with Gasteiger partial charge in [0, 0.05) is 23.3 Å². The van der Waals surface area contributed by atoms with Crippen LogP contribution < -0.4 is 0 Å². The quantitative estimate of drug-likeness (QED) is 0.384. The Kier molecular flexibility index (Phi) is 4.60. The van der Waals surface area contributed by atoms with Crippen molar-refractivity contribution >= 4 is 22.6 Å². The SMILES string of the molecule is Cc1ccc(F)cc1Cc1nc(-c2nc3ccccc3[nH]2)cn1-c1ccc(Cl)cc1. The van der Waals surface area contributed by atoms with Gasteiger partial charge in [-0.25, -0.2) is 14.4 Å². The number of H-pyrrole nitrogens is 1. The lowest BCUT2D eigenvalue weighted by Gasteiger charge is -2.10. The van der Waals surface area contributed by atoms with Crippen LogP contribution >= 0.6 is 11.6 Å². The first-order valence-corrected chi connectivity index (χ1v) is 9.99. The minimum atomic E-state index is -0.252. The summed E-state index contributed by atoms with van der Waals surface area (Å²) in [5.74, 6) is 1.24. The molecule has 6 heteroatoms. The van der Waals surface area contributed by atoms with Crippen LogP contribution in [0.5, 0.6) is 0 Å². The lowest BCUT2D eigenvalue weighted by Crippen LogP contribution is -2.03. The third kappa shape index (κ3) is 3.48. The summed E-state index contributed by atoms with van der Waals surface area (Å²) in [6, 6.07) is 20.3. The number of nitrogens with zero attached hydrogens (tertiary/aromatic N) is 3. The predicted molar refractivity (Wildman–Crippen MR) is 118 cm³/mol. The van der Waals surface area contributed by atoms with E-state index >= 15 is 0 Å². The van der Waals surface area contributed by atoms with Crippen LogP contribution in [0.25, 0.3) is 28.2 Å². The number of nitrogens with one attached hydrogen (secondary N) is 1. The highest BCUT2D eigenvalue weighted by molar-refractivity contribution is 6.30. The van der Waals surface area contributed by atoms with Crippen LogP contribution in [0.1, 0.15) is 17.0 Å². The molecule has 2 aromatic heterocycles. The van der Waals surface area contributed by atoms with Crippen molar-refractivity contribution in [3.05, 3.63) is 101 Å². The van der Waals surface area contributed by atoms with Gasteiger partial charge in [-0.1, -0.05) is 29.8 Å². The first-order chi connectivity index (χ1) is 14.6. The summed E-state index contributed by atoms with van der Waals surface area (Å²) < 4.78 is 15.9. The molecule has 0 saturated carbocycles. The molecular formula is C24H18ClFN4. The Bertz CT molecular complexity index is 1320. The van der Waals surface area contributed by atoms with Gasteiger partial charge in [-0.2, -0.15) is 0 Å². The molecule has 0 saturated heterocycles. The lowest BCUT2D eigenvalue weighted by atomic mass is 10.1. The van der Waals surface area contributed by atoms with E-state index in [1.807, 2.05) is 66.2 Å². The van der Waals surface area contributed by atoms with Gasteiger partial charge < -0.3 is 9.55 Å². The van der Waals surface area contributed by atoms with Gasteiger partial charge in [-0.15, -0.1) is 0 Å². The highest BCUT2D eigenvalue weighted by Gasteiger charge is 2.16. The maximum absolute atomic E-state index is 13.8. The molecule has 5 rings (SSSR count). The maximum atomic E-state index is 13.8. The molecule has 0 radical (unpaired) electrons. The molecule has 0 bridgehead atoms. The molecule has 0 spiro atoms. The number of aryl methyl sites for hydroxylation is 1. The Balaban J connectivity index is 1.63. The molecule has 0 fully saturated rings. The number of fused-ring (bicyclic) bond motifs is 1. The van der Waals surface area contributed by atoms with Gasteiger partial charge in [0.15, 0.2) is 5.82 Å². The predicted octanol–water partition coefficient (Wildman–Crippen LogP) is 6.11. The summed E-state index contributed by atoms with van der Waals surface area (Å²) in [5, 5.41) is 0.666. The Morgan fingerprint density at radius 3 is 2.60 bits per heavy atom. The topological polar surface area (TPSA) is 46.5 Å². The average Bonchev–Trinajstić information content (AvgIpc) is 3.35. The van der Waals surface area contributed by atoms with Crippen molar-refractivity contribution in [2.24, 2.45) is 0 Å². The molecule has 0 aliphatic heterocycles. The lowest BCUT2D eigenvalue weighted by molar-refractivity contribution is 0.625. The van der Waals surface area contributed by atoms with Crippen molar-refractivity contribution in [1.82, 2.24) is 19.5 Å². The summed E-state index contributed by atoms with van der Waals surface area (Å²) in [7, 11) is 0. The zero-order valence-electron chi connectivity index (χ0n) is 16.2. The van der Waals surface area contributed by atoms with E-state index < -0.39 is 0 Å². The van der Waals surface area contributed by atoms with Crippen LogP contribution in [0.15, 0.2) is 72.9 Å². The minimum absolute atomic E-state index is 0.252. The van der Waals surface area contributed by atoms with Crippen LogP contribution in [0, 0.1) is 12.7 Å². The minimum Gasteiger partial charge on any atom is -0.337 e. The fraction of sp³-hybridized carbons (Fsp3) is 0.0833. The zero-order chi connectivity index (χ0) is 20.7. The van der Waals surface area contributed by atoms with E-state index in [0.29, 0.717) is 17.3 Å². The van der Waals surface area contributed by atoms with Crippen LogP contribution in [-0.4, -0.2) is 19.5 Å². The molecule has 30 heavy (non-hydrogen) atoms. The van der Waals surface area contributed by atoms with Crippen molar-refractivity contribution in [2.75, 3.05) is 0 Å². The molecule has 0 aliphatic carbocycles. The number of aromatic amines is 1. The first-order valence-electron chi connectivity index (χ1n) is 9.61. The van der Waals surface area contributed by atoms with E-state index in [2.05, 4.69) is 9.97 Å². The van der Waals surface area contributed by atoms with Crippen molar-refractivity contribution in [1.29, 1.82) is 0 Å². The van der Waals surface area contributed by atoms with E-state index in [9.17, 15) is 4.39 Å². The smallest absolute Gasteiger partial charge is 0.158 e. The van der Waals surface area contributed by atoms with E-state index in [-0.39, 0.29) is 5.82 Å². The third-order valence-corrected chi connectivity index (χ3v) is 5.43. The van der Waals surface area contributed by atoms with Gasteiger partial charge in [0.1, 0.15) is 17.3 Å². The second-order valence-electron chi connectivity index (χ2n) is 7.24. The Hall–Kier alpha value is -3.44. The fourth-order valence-corrected chi connectivity index (χ4v) is 3.68. The molecule has 5 aromatic rings. The third-order valence-electron chi connectivity index (χ3n) is 5.18. The molecular weight excluding hydrogens is 399 g/mol. The fourth-order valence-electron chi connectivity index (χ4n) is 3.56. The van der Waals surface area contributed by atoms with Crippen LogP contribution in [0.4, 0.5) is 4.39 Å². The molecule has 148 valence electrons. The van der Waals surface area contributed by atoms with Crippen molar-refractivity contribution in [3.63, 3.8) is 0 Å². The van der Waals surface area contributed by atoms with E-state index in [4.69, 9.17) is 16.6 Å². The number of halogens is 2. The molecule has 1 N–H and O–H groups in total. The number of hydrogen-bond donors (Lipinski definition) is 1. The number of benzene rings is 3. The van der Waals surface area contributed by atoms with Crippen LogP contribution in [0.3, 0.4) is 0 Å². The first kappa shape index (κ1) is 18.6. The highest BCUT2D eigenvalue weighted by atomic mass is 35.5. The van der Waals surface area contributed by atoms with Crippen molar-refractivity contribution < 1.29 is 4.39 Å². The van der Waals surface area contributed by atoms with Crippen LogP contribution in [0.2, 0.25) is 5.02 Å². The number of aromatic nitrogens is 4. The van der Waals surface area contributed by atoms with Gasteiger partial charge in [-0.05, 0) is 66.6 Å². The number of imidazole rings is 2. The molecule has 0 amide bonds. The Morgan fingerprint density at radius 1 is 1.00 bits per heavy atom. The maximum Gasteiger partial charge on any atom is 0.158 e. The summed E-state index contributed by atoms with van der Waals surface area (Å²) >= 11 is 6.07. The van der Waals surface area contributed by atoms with E-state index in [1.165, 1.54) is 6.07 Å². The molecule has 0 unspecified atom stereocenters. The van der Waals surface area contributed by atoms with E-state index in [0.717, 1.165) is 39.4 Å². The standard InChI is InChI=1S/C24H18ClFN4/c1-15-6-9-18(26)12-16(15)13-23-27-22(14-30(23)19-10-7-17(25)8-11-19)24-28-20-4-2-3-5-21(20)29-24/h2-12,14H,13H2,1H3,(H,28,29). The Labute approximate surface area is 178 Å². The monoisotopic (exact) mass is 416 g/mol. The number of rotatable bonds is 4. The molecule has 0 aliphatic rings. The summed E-state index contributed by atoms with van der Waals surface area (Å²) in [6.07, 6.45) is 2.44. The van der Waals surface area contributed by atoms with Crippen molar-refractivity contribution in [3.8, 4) is 17.2 Å². The molecule has 2 heterocycles. The van der Waals surface area contributed by atoms with Gasteiger partial charge >= 0.3 is 0 Å². The number of para-hydroxylation sites is 2. The Morgan fingerprint density at radius 2 is 1.80 bits per heavy atom. The van der Waals surface area contributed by atoms with Gasteiger partial charge in [-0.3, -0.25) is 0 Å². The molecule has 4 nitrogen and oxygen atoms in total. The van der Waals surface area contributed by atoms with Crippen molar-refractivity contribution in [2.45, 2.75) is 13.3 Å². The second kappa shape index (κ2) is 7.43. The average molecular weight is 417 g/mol. The van der Waals surface area contributed by atoms with Gasteiger partial charge in [0.25, 0.3) is 0 Å². The van der Waals surface area contributed by atoms with Crippen LogP contribution in [-0.2, 0) is 6.42 Å².